The molecule has 0 spiro atoms. The van der Waals surface area contributed by atoms with Crippen LogP contribution in [0.5, 0.6) is 0 Å². The highest BCUT2D eigenvalue weighted by Crippen LogP contribution is 2.24. The summed E-state index contributed by atoms with van der Waals surface area (Å²) in [6.07, 6.45) is 0. The molecule has 0 saturated heterocycles. The molecular formula is C13H10ClNOS. The Labute approximate surface area is 110 Å². The number of thiocarbonyl (C=S) groups is 1. The molecule has 1 N–H and O–H groups in total. The zero-order chi connectivity index (χ0) is 12.4. The smallest absolute Gasteiger partial charge is 0.190 e. The van der Waals surface area contributed by atoms with Gasteiger partial charge in [0.2, 0.25) is 0 Å². The van der Waals surface area contributed by atoms with Crippen molar-refractivity contribution >= 4 is 28.9 Å². The van der Waals surface area contributed by atoms with Gasteiger partial charge in [-0.2, -0.15) is 0 Å². The molecule has 0 fully saturated rings. The third-order valence-electron chi connectivity index (χ3n) is 2.42. The second kappa shape index (κ2) is 4.82. The molecule has 0 bridgehead atoms. The molecule has 0 aliphatic heterocycles. The van der Waals surface area contributed by atoms with Crippen LogP contribution in [0.2, 0.25) is 5.15 Å². The van der Waals surface area contributed by atoms with E-state index in [2.05, 4.69) is 4.98 Å². The topological polar surface area (TPSA) is 33.1 Å². The highest BCUT2D eigenvalue weighted by atomic mass is 35.5. The van der Waals surface area contributed by atoms with Gasteiger partial charge in [-0.3, -0.25) is 0 Å². The first-order valence-electron chi connectivity index (χ1n) is 5.05. The summed E-state index contributed by atoms with van der Waals surface area (Å²) in [6.45, 7) is 2.01. The quantitative estimate of drug-likeness (QED) is 0.658. The summed E-state index contributed by atoms with van der Waals surface area (Å²) in [4.78, 5) is 4.21. The number of aromatic nitrogens is 1. The minimum Gasteiger partial charge on any atom is -0.498 e. The number of hydrogen-bond acceptors (Lipinski definition) is 2. The predicted octanol–water partition coefficient (Wildman–Crippen LogP) is 3.94. The van der Waals surface area contributed by atoms with Crippen LogP contribution in [-0.2, 0) is 0 Å². The number of nitrogens with zero attached hydrogens (tertiary/aromatic N) is 1. The van der Waals surface area contributed by atoms with Gasteiger partial charge in [0.05, 0.1) is 11.3 Å². The summed E-state index contributed by atoms with van der Waals surface area (Å²) in [5.74, 6) is 0. The van der Waals surface area contributed by atoms with Crippen molar-refractivity contribution in [2.45, 2.75) is 6.92 Å². The third-order valence-corrected chi connectivity index (χ3v) is 2.85. The molecule has 0 saturated carbocycles. The van der Waals surface area contributed by atoms with Crippen molar-refractivity contribution in [1.82, 2.24) is 4.98 Å². The predicted molar refractivity (Wildman–Crippen MR) is 73.7 cm³/mol. The van der Waals surface area contributed by atoms with E-state index in [1.165, 1.54) is 0 Å². The molecule has 4 heteroatoms. The molecule has 0 aliphatic carbocycles. The summed E-state index contributed by atoms with van der Waals surface area (Å²) in [5.41, 5.74) is 3.16. The van der Waals surface area contributed by atoms with Crippen LogP contribution in [0.1, 0.15) is 11.1 Å². The van der Waals surface area contributed by atoms with Crippen molar-refractivity contribution in [3.63, 3.8) is 0 Å². The SMILES string of the molecule is Cc1ccc(-c2nc(Cl)ccc2C(O)=S)cc1. The number of aliphatic hydroxyl groups excluding tert-OH is 1. The first kappa shape index (κ1) is 12.0. The molecule has 1 aromatic carbocycles. The third kappa shape index (κ3) is 2.62. The van der Waals surface area contributed by atoms with Crippen LogP contribution >= 0.6 is 23.8 Å². The Morgan fingerprint density at radius 3 is 2.41 bits per heavy atom. The van der Waals surface area contributed by atoms with Gasteiger partial charge in [-0.05, 0) is 31.3 Å². The molecule has 86 valence electrons. The summed E-state index contributed by atoms with van der Waals surface area (Å²) in [6, 6.07) is 11.1. The second-order valence-corrected chi connectivity index (χ2v) is 4.48. The molecule has 1 heterocycles. The normalized spacial score (nSPS) is 10.2. The van der Waals surface area contributed by atoms with Gasteiger partial charge in [-0.25, -0.2) is 4.98 Å². The van der Waals surface area contributed by atoms with Crippen LogP contribution in [0, 0.1) is 6.92 Å². The van der Waals surface area contributed by atoms with Crippen LogP contribution in [-0.4, -0.2) is 15.1 Å². The molecule has 0 unspecified atom stereocenters. The number of pyridine rings is 1. The summed E-state index contributed by atoms with van der Waals surface area (Å²) in [5, 5.41) is 9.66. The summed E-state index contributed by atoms with van der Waals surface area (Å²) >= 11 is 10.7. The molecule has 0 aliphatic rings. The van der Waals surface area contributed by atoms with E-state index in [0.717, 1.165) is 11.1 Å². The van der Waals surface area contributed by atoms with Crippen LogP contribution < -0.4 is 0 Å². The maximum Gasteiger partial charge on any atom is 0.190 e. The van der Waals surface area contributed by atoms with E-state index in [4.69, 9.17) is 23.8 Å². The Bertz CT molecular complexity index is 566. The van der Waals surface area contributed by atoms with Gasteiger partial charge in [0, 0.05) is 5.56 Å². The van der Waals surface area contributed by atoms with E-state index in [-0.39, 0.29) is 5.05 Å². The molecule has 0 atom stereocenters. The minimum atomic E-state index is -0.176. The van der Waals surface area contributed by atoms with Crippen LogP contribution in [0.25, 0.3) is 11.3 Å². The summed E-state index contributed by atoms with van der Waals surface area (Å²) < 4.78 is 0. The number of aliphatic hydroxyl groups is 1. The monoisotopic (exact) mass is 263 g/mol. The molecule has 2 aromatic rings. The number of hydrogen-bond donors (Lipinski definition) is 1. The molecule has 2 nitrogen and oxygen atoms in total. The molecule has 0 amide bonds. The maximum absolute atomic E-state index is 9.46. The average molecular weight is 264 g/mol. The van der Waals surface area contributed by atoms with Gasteiger partial charge in [-0.1, -0.05) is 41.4 Å². The lowest BCUT2D eigenvalue weighted by Crippen LogP contribution is -2.00. The lowest BCUT2D eigenvalue weighted by Gasteiger charge is -2.07. The molecule has 0 radical (unpaired) electrons. The number of benzene rings is 1. The van der Waals surface area contributed by atoms with E-state index >= 15 is 0 Å². The highest BCUT2D eigenvalue weighted by molar-refractivity contribution is 7.80. The van der Waals surface area contributed by atoms with Crippen molar-refractivity contribution in [3.8, 4) is 11.3 Å². The standard InChI is InChI=1S/C13H10ClNOS/c1-8-2-4-9(5-3-8)12-10(13(16)17)6-7-11(14)15-12/h2-7H,1H3,(H,16,17). The Kier molecular flexibility index (Phi) is 3.41. The van der Waals surface area contributed by atoms with E-state index in [9.17, 15) is 5.11 Å². The van der Waals surface area contributed by atoms with Crippen LogP contribution in [0.3, 0.4) is 0 Å². The van der Waals surface area contributed by atoms with Crippen molar-refractivity contribution in [2.75, 3.05) is 0 Å². The first-order valence-corrected chi connectivity index (χ1v) is 5.83. The van der Waals surface area contributed by atoms with Crippen molar-refractivity contribution < 1.29 is 5.11 Å². The fraction of sp³-hybridized carbons (Fsp3) is 0.0769. The maximum atomic E-state index is 9.46. The Balaban J connectivity index is 2.60. The Morgan fingerprint density at radius 2 is 1.82 bits per heavy atom. The van der Waals surface area contributed by atoms with Gasteiger partial charge >= 0.3 is 0 Å². The van der Waals surface area contributed by atoms with E-state index in [1.54, 1.807) is 12.1 Å². The molecule has 2 rings (SSSR count). The zero-order valence-electron chi connectivity index (χ0n) is 9.14. The Hall–Kier alpha value is -1.45. The number of aryl methyl sites for hydroxylation is 1. The van der Waals surface area contributed by atoms with E-state index < -0.39 is 0 Å². The molecule has 1 aromatic heterocycles. The lowest BCUT2D eigenvalue weighted by atomic mass is 10.0. The van der Waals surface area contributed by atoms with Crippen LogP contribution in [0.4, 0.5) is 0 Å². The number of rotatable bonds is 2. The lowest BCUT2D eigenvalue weighted by molar-refractivity contribution is 0.571. The zero-order valence-corrected chi connectivity index (χ0v) is 10.7. The molecular weight excluding hydrogens is 254 g/mol. The second-order valence-electron chi connectivity index (χ2n) is 3.70. The van der Waals surface area contributed by atoms with E-state index in [0.29, 0.717) is 16.4 Å². The van der Waals surface area contributed by atoms with Gasteiger partial charge in [-0.15, -0.1) is 0 Å². The minimum absolute atomic E-state index is 0.176. The van der Waals surface area contributed by atoms with Gasteiger partial charge in [0.15, 0.2) is 5.05 Å². The van der Waals surface area contributed by atoms with Gasteiger partial charge in [0.1, 0.15) is 5.15 Å². The molecule has 17 heavy (non-hydrogen) atoms. The first-order chi connectivity index (χ1) is 8.08. The summed E-state index contributed by atoms with van der Waals surface area (Å²) in [7, 11) is 0. The highest BCUT2D eigenvalue weighted by Gasteiger charge is 2.10. The largest absolute Gasteiger partial charge is 0.498 e. The van der Waals surface area contributed by atoms with Gasteiger partial charge in [0.25, 0.3) is 0 Å². The van der Waals surface area contributed by atoms with Crippen LogP contribution in [0.15, 0.2) is 36.4 Å². The fourth-order valence-corrected chi connectivity index (χ4v) is 1.85. The van der Waals surface area contributed by atoms with Crippen molar-refractivity contribution in [1.29, 1.82) is 0 Å². The van der Waals surface area contributed by atoms with Crippen molar-refractivity contribution in [2.24, 2.45) is 0 Å². The fourth-order valence-electron chi connectivity index (χ4n) is 1.54. The number of halogens is 1. The van der Waals surface area contributed by atoms with E-state index in [1.807, 2.05) is 31.2 Å². The van der Waals surface area contributed by atoms with Gasteiger partial charge < -0.3 is 5.11 Å². The Morgan fingerprint density at radius 1 is 1.18 bits per heavy atom. The van der Waals surface area contributed by atoms with Crippen molar-refractivity contribution in [3.05, 3.63) is 52.7 Å². The average Bonchev–Trinajstić information content (AvgIpc) is 2.29.